The molecule has 0 amide bonds. The standard InChI is InChI=1S/C19H19N5O2/c1-2-15(25)11-26-16-5-7-17-13(9-16)3-6-18(23-17)14-4-8-19(22-10-14)24(21)12-20/h3-10,15,25H,2,11,21H2,1H3/t15-/m1/s1. The third kappa shape index (κ3) is 3.88. The Balaban J connectivity index is 1.82. The first-order valence-electron chi connectivity index (χ1n) is 8.23. The molecule has 0 spiro atoms. The molecule has 1 aromatic carbocycles. The SMILES string of the molecule is CC[C@@H](O)COc1ccc2nc(-c3ccc(N(N)C#N)nc3)ccc2c1. The Hall–Kier alpha value is -3.21. The third-order valence-electron chi connectivity index (χ3n) is 3.97. The van der Waals surface area contributed by atoms with Gasteiger partial charge in [-0.3, -0.25) is 0 Å². The number of benzene rings is 1. The molecule has 0 aliphatic carbocycles. The van der Waals surface area contributed by atoms with Crippen molar-refractivity contribution in [2.75, 3.05) is 11.6 Å². The van der Waals surface area contributed by atoms with Crippen molar-refractivity contribution in [3.05, 3.63) is 48.7 Å². The van der Waals surface area contributed by atoms with Crippen molar-refractivity contribution in [3.63, 3.8) is 0 Å². The second-order valence-electron chi connectivity index (χ2n) is 5.80. The molecule has 2 aromatic heterocycles. The minimum Gasteiger partial charge on any atom is -0.491 e. The molecule has 0 aliphatic rings. The van der Waals surface area contributed by atoms with Gasteiger partial charge in [-0.05, 0) is 42.8 Å². The number of hydrogen-bond donors (Lipinski definition) is 2. The van der Waals surface area contributed by atoms with E-state index in [0.717, 1.165) is 27.2 Å². The summed E-state index contributed by atoms with van der Waals surface area (Å²) in [6, 6.07) is 13.0. The van der Waals surface area contributed by atoms with Crippen LogP contribution in [0.3, 0.4) is 0 Å². The zero-order valence-corrected chi connectivity index (χ0v) is 14.3. The van der Waals surface area contributed by atoms with Crippen LogP contribution in [0.1, 0.15) is 13.3 Å². The molecule has 1 atom stereocenters. The van der Waals surface area contributed by atoms with Crippen molar-refractivity contribution in [3.8, 4) is 23.2 Å². The van der Waals surface area contributed by atoms with E-state index in [-0.39, 0.29) is 6.61 Å². The molecule has 0 radical (unpaired) electrons. The Morgan fingerprint density at radius 3 is 2.81 bits per heavy atom. The van der Waals surface area contributed by atoms with Crippen LogP contribution in [0, 0.1) is 11.5 Å². The van der Waals surface area contributed by atoms with Crippen molar-refractivity contribution in [2.45, 2.75) is 19.4 Å². The van der Waals surface area contributed by atoms with E-state index in [1.165, 1.54) is 0 Å². The minimum atomic E-state index is -0.466. The number of anilines is 1. The second-order valence-corrected chi connectivity index (χ2v) is 5.80. The number of rotatable bonds is 6. The molecular weight excluding hydrogens is 330 g/mol. The van der Waals surface area contributed by atoms with Crippen LogP contribution in [-0.2, 0) is 0 Å². The van der Waals surface area contributed by atoms with E-state index >= 15 is 0 Å². The summed E-state index contributed by atoms with van der Waals surface area (Å²) in [5.74, 6) is 6.56. The van der Waals surface area contributed by atoms with Gasteiger partial charge in [0.25, 0.3) is 0 Å². The molecule has 0 fully saturated rings. The zero-order chi connectivity index (χ0) is 18.5. The third-order valence-corrected chi connectivity index (χ3v) is 3.97. The first kappa shape index (κ1) is 17.6. The van der Waals surface area contributed by atoms with Gasteiger partial charge >= 0.3 is 0 Å². The van der Waals surface area contributed by atoms with Gasteiger partial charge in [-0.25, -0.2) is 15.8 Å². The maximum absolute atomic E-state index is 9.59. The van der Waals surface area contributed by atoms with E-state index in [0.29, 0.717) is 18.0 Å². The number of nitrogens with zero attached hydrogens (tertiary/aromatic N) is 4. The molecule has 0 aliphatic heterocycles. The lowest BCUT2D eigenvalue weighted by atomic mass is 10.1. The molecule has 0 saturated carbocycles. The highest BCUT2D eigenvalue weighted by Crippen LogP contribution is 2.24. The fourth-order valence-corrected chi connectivity index (χ4v) is 2.40. The molecule has 3 rings (SSSR count). The summed E-state index contributed by atoms with van der Waals surface area (Å²) in [7, 11) is 0. The molecule has 26 heavy (non-hydrogen) atoms. The Labute approximate surface area is 151 Å². The van der Waals surface area contributed by atoms with E-state index in [1.54, 1.807) is 18.5 Å². The van der Waals surface area contributed by atoms with Gasteiger partial charge in [0.2, 0.25) is 6.19 Å². The maximum Gasteiger partial charge on any atom is 0.201 e. The topological polar surface area (TPSA) is 108 Å². The summed E-state index contributed by atoms with van der Waals surface area (Å²) in [6.45, 7) is 2.18. The number of hydrogen-bond acceptors (Lipinski definition) is 7. The van der Waals surface area contributed by atoms with Crippen molar-refractivity contribution in [2.24, 2.45) is 5.84 Å². The Morgan fingerprint density at radius 1 is 1.27 bits per heavy atom. The predicted octanol–water partition coefficient (Wildman–Crippen LogP) is 2.61. The predicted molar refractivity (Wildman–Crippen MR) is 99.0 cm³/mol. The van der Waals surface area contributed by atoms with Gasteiger partial charge in [-0.1, -0.05) is 13.0 Å². The molecule has 3 N–H and O–H groups in total. The van der Waals surface area contributed by atoms with Crippen molar-refractivity contribution in [1.82, 2.24) is 9.97 Å². The van der Waals surface area contributed by atoms with Crippen LogP contribution in [0.15, 0.2) is 48.7 Å². The molecule has 7 nitrogen and oxygen atoms in total. The normalized spacial score (nSPS) is 11.8. The van der Waals surface area contributed by atoms with E-state index in [4.69, 9.17) is 15.8 Å². The molecule has 132 valence electrons. The molecule has 3 aromatic rings. The fourth-order valence-electron chi connectivity index (χ4n) is 2.40. The molecule has 7 heteroatoms. The van der Waals surface area contributed by atoms with Gasteiger partial charge in [-0.2, -0.15) is 10.3 Å². The van der Waals surface area contributed by atoms with Crippen LogP contribution in [-0.4, -0.2) is 27.8 Å². The highest BCUT2D eigenvalue weighted by atomic mass is 16.5. The van der Waals surface area contributed by atoms with E-state index in [9.17, 15) is 5.11 Å². The first-order chi connectivity index (χ1) is 12.6. The van der Waals surface area contributed by atoms with Crippen molar-refractivity contribution < 1.29 is 9.84 Å². The lowest BCUT2D eigenvalue weighted by Gasteiger charge is -2.11. The monoisotopic (exact) mass is 349 g/mol. The first-order valence-corrected chi connectivity index (χ1v) is 8.23. The summed E-state index contributed by atoms with van der Waals surface area (Å²) in [5, 5.41) is 20.2. The highest BCUT2D eigenvalue weighted by molar-refractivity contribution is 5.82. The summed E-state index contributed by atoms with van der Waals surface area (Å²) in [4.78, 5) is 8.80. The van der Waals surface area contributed by atoms with Crippen LogP contribution >= 0.6 is 0 Å². The highest BCUT2D eigenvalue weighted by Gasteiger charge is 2.07. The summed E-state index contributed by atoms with van der Waals surface area (Å²) >= 11 is 0. The molecule has 0 unspecified atom stereocenters. The number of hydrazine groups is 1. The molecule has 2 heterocycles. The van der Waals surface area contributed by atoms with Crippen LogP contribution < -0.4 is 15.6 Å². The van der Waals surface area contributed by atoms with E-state index in [1.807, 2.05) is 43.3 Å². The van der Waals surface area contributed by atoms with Crippen molar-refractivity contribution in [1.29, 1.82) is 5.26 Å². The smallest absolute Gasteiger partial charge is 0.201 e. The average molecular weight is 349 g/mol. The maximum atomic E-state index is 9.59. The molecule has 0 saturated heterocycles. The van der Waals surface area contributed by atoms with Gasteiger partial charge in [0.15, 0.2) is 5.82 Å². The lowest BCUT2D eigenvalue weighted by Crippen LogP contribution is -2.25. The van der Waals surface area contributed by atoms with Crippen LogP contribution in [0.25, 0.3) is 22.2 Å². The van der Waals surface area contributed by atoms with Crippen LogP contribution in [0.5, 0.6) is 5.75 Å². The van der Waals surface area contributed by atoms with Crippen LogP contribution in [0.4, 0.5) is 5.82 Å². The van der Waals surface area contributed by atoms with Crippen molar-refractivity contribution >= 4 is 16.7 Å². The number of aliphatic hydroxyl groups excluding tert-OH is 1. The largest absolute Gasteiger partial charge is 0.491 e. The quantitative estimate of drug-likeness (QED) is 0.305. The number of ether oxygens (including phenoxy) is 1. The number of aliphatic hydroxyl groups is 1. The number of nitriles is 1. The van der Waals surface area contributed by atoms with Gasteiger partial charge in [0.1, 0.15) is 12.4 Å². The molecule has 0 bridgehead atoms. The van der Waals surface area contributed by atoms with Gasteiger partial charge < -0.3 is 9.84 Å². The fraction of sp³-hybridized carbons (Fsp3) is 0.211. The summed E-state index contributed by atoms with van der Waals surface area (Å²) < 4.78 is 5.60. The minimum absolute atomic E-state index is 0.270. The van der Waals surface area contributed by atoms with E-state index in [2.05, 4.69) is 9.97 Å². The number of fused-ring (bicyclic) bond motifs is 1. The summed E-state index contributed by atoms with van der Waals surface area (Å²) in [5.41, 5.74) is 2.42. The summed E-state index contributed by atoms with van der Waals surface area (Å²) in [6.07, 6.45) is 3.61. The van der Waals surface area contributed by atoms with Gasteiger partial charge in [0, 0.05) is 17.1 Å². The second kappa shape index (κ2) is 7.78. The Kier molecular flexibility index (Phi) is 5.27. The number of pyridine rings is 2. The van der Waals surface area contributed by atoms with Crippen LogP contribution in [0.2, 0.25) is 0 Å². The Bertz CT molecular complexity index is 937. The number of aromatic nitrogens is 2. The Morgan fingerprint density at radius 2 is 2.12 bits per heavy atom. The molecular formula is C19H19N5O2. The zero-order valence-electron chi connectivity index (χ0n) is 14.3. The number of nitrogens with two attached hydrogens (primary N) is 1. The lowest BCUT2D eigenvalue weighted by molar-refractivity contribution is 0.104. The van der Waals surface area contributed by atoms with E-state index < -0.39 is 6.10 Å². The van der Waals surface area contributed by atoms with Gasteiger partial charge in [-0.15, -0.1) is 0 Å². The van der Waals surface area contributed by atoms with Gasteiger partial charge in [0.05, 0.1) is 17.3 Å². The average Bonchev–Trinajstić information content (AvgIpc) is 2.70.